The van der Waals surface area contributed by atoms with E-state index in [1.54, 1.807) is 12.1 Å². The van der Waals surface area contributed by atoms with Gasteiger partial charge in [-0.15, -0.1) is 0 Å². The quantitative estimate of drug-likeness (QED) is 0.785. The van der Waals surface area contributed by atoms with Crippen molar-refractivity contribution in [1.82, 2.24) is 4.98 Å². The van der Waals surface area contributed by atoms with Gasteiger partial charge in [-0.3, -0.25) is 9.78 Å². The number of halogens is 1. The fraction of sp³-hybridized carbons (Fsp3) is 0.200. The molecular formula is C15H12ClNO. The summed E-state index contributed by atoms with van der Waals surface area (Å²) in [4.78, 5) is 16.3. The maximum absolute atomic E-state index is 12.2. The van der Waals surface area contributed by atoms with Crippen molar-refractivity contribution in [2.45, 2.75) is 12.3 Å². The second kappa shape index (κ2) is 4.54. The molecule has 2 unspecified atom stereocenters. The van der Waals surface area contributed by atoms with E-state index in [9.17, 15) is 4.79 Å². The predicted molar refractivity (Wildman–Crippen MR) is 70.9 cm³/mol. The van der Waals surface area contributed by atoms with Crippen molar-refractivity contribution < 1.29 is 4.79 Å². The molecule has 0 radical (unpaired) electrons. The van der Waals surface area contributed by atoms with Gasteiger partial charge in [0, 0.05) is 12.1 Å². The van der Waals surface area contributed by atoms with Gasteiger partial charge in [-0.2, -0.15) is 0 Å². The van der Waals surface area contributed by atoms with Gasteiger partial charge in [0.2, 0.25) is 0 Å². The Kier molecular flexibility index (Phi) is 2.88. The molecule has 1 aromatic carbocycles. The average Bonchev–Trinajstić information content (AvgIpc) is 3.20. The van der Waals surface area contributed by atoms with E-state index in [4.69, 9.17) is 11.6 Å². The summed E-state index contributed by atoms with van der Waals surface area (Å²) >= 11 is 5.76. The van der Waals surface area contributed by atoms with Crippen LogP contribution < -0.4 is 0 Å². The van der Waals surface area contributed by atoms with Crippen LogP contribution in [0.5, 0.6) is 0 Å². The highest BCUT2D eigenvalue weighted by Crippen LogP contribution is 2.48. The lowest BCUT2D eigenvalue weighted by Gasteiger charge is -2.00. The van der Waals surface area contributed by atoms with Crippen LogP contribution in [0.3, 0.4) is 0 Å². The molecule has 1 saturated carbocycles. The van der Waals surface area contributed by atoms with E-state index in [0.29, 0.717) is 16.6 Å². The van der Waals surface area contributed by atoms with Crippen molar-refractivity contribution in [2.24, 2.45) is 5.92 Å². The van der Waals surface area contributed by atoms with E-state index >= 15 is 0 Å². The molecule has 1 fully saturated rings. The summed E-state index contributed by atoms with van der Waals surface area (Å²) in [5.74, 6) is 0.567. The van der Waals surface area contributed by atoms with Crippen molar-refractivity contribution in [2.75, 3.05) is 0 Å². The number of ketones is 1. The minimum absolute atomic E-state index is 0.0843. The number of Topliss-reactive ketones (excluding diaryl/α,β-unsaturated/α-hetero) is 1. The Labute approximate surface area is 111 Å². The van der Waals surface area contributed by atoms with Crippen LogP contribution in [-0.4, -0.2) is 10.8 Å². The number of benzene rings is 1. The number of pyridine rings is 1. The summed E-state index contributed by atoms with van der Waals surface area (Å²) in [6, 6.07) is 13.6. The molecule has 90 valence electrons. The lowest BCUT2D eigenvalue weighted by molar-refractivity contribution is 0.0960. The highest BCUT2D eigenvalue weighted by atomic mass is 35.5. The van der Waals surface area contributed by atoms with Gasteiger partial charge in [0.25, 0.3) is 0 Å². The molecule has 0 bridgehead atoms. The van der Waals surface area contributed by atoms with E-state index in [0.717, 1.165) is 6.42 Å². The number of hydrogen-bond acceptors (Lipinski definition) is 2. The Morgan fingerprint density at radius 3 is 2.61 bits per heavy atom. The summed E-state index contributed by atoms with van der Waals surface area (Å²) in [6.45, 7) is 0. The van der Waals surface area contributed by atoms with Crippen LogP contribution >= 0.6 is 11.6 Å². The number of carbonyl (C=O) groups is 1. The molecule has 0 N–H and O–H groups in total. The summed E-state index contributed by atoms with van der Waals surface area (Å²) in [5, 5.41) is 0.557. The Balaban J connectivity index is 1.75. The normalized spacial score (nSPS) is 21.6. The number of rotatable bonds is 3. The van der Waals surface area contributed by atoms with Crippen LogP contribution in [0.2, 0.25) is 5.02 Å². The zero-order valence-corrected chi connectivity index (χ0v) is 10.5. The third-order valence-electron chi connectivity index (χ3n) is 3.33. The smallest absolute Gasteiger partial charge is 0.184 e. The molecule has 3 rings (SSSR count). The molecule has 2 nitrogen and oxygen atoms in total. The maximum Gasteiger partial charge on any atom is 0.184 e. The largest absolute Gasteiger partial charge is 0.292 e. The molecule has 0 spiro atoms. The summed E-state index contributed by atoms with van der Waals surface area (Å²) in [5.41, 5.74) is 1.76. The predicted octanol–water partition coefficient (Wildman–Crippen LogP) is 3.72. The van der Waals surface area contributed by atoms with Gasteiger partial charge in [-0.25, -0.2) is 0 Å². The van der Waals surface area contributed by atoms with Crippen LogP contribution in [0.25, 0.3) is 0 Å². The lowest BCUT2D eigenvalue weighted by Crippen LogP contribution is -2.05. The molecule has 0 aliphatic heterocycles. The molecule has 0 saturated heterocycles. The zero-order chi connectivity index (χ0) is 12.5. The highest BCUT2D eigenvalue weighted by Gasteiger charge is 2.44. The second-order valence-electron chi connectivity index (χ2n) is 4.59. The Hall–Kier alpha value is -1.67. The van der Waals surface area contributed by atoms with Crippen LogP contribution in [0.15, 0.2) is 48.7 Å². The molecule has 1 aliphatic rings. The van der Waals surface area contributed by atoms with Gasteiger partial charge in [0.1, 0.15) is 5.69 Å². The topological polar surface area (TPSA) is 30.0 Å². The first-order valence-corrected chi connectivity index (χ1v) is 6.34. The van der Waals surface area contributed by atoms with E-state index in [1.165, 1.54) is 11.8 Å². The summed E-state index contributed by atoms with van der Waals surface area (Å²) < 4.78 is 0. The molecule has 1 aliphatic carbocycles. The fourth-order valence-electron chi connectivity index (χ4n) is 2.26. The van der Waals surface area contributed by atoms with Crippen molar-refractivity contribution in [3.05, 3.63) is 64.9 Å². The van der Waals surface area contributed by atoms with Crippen molar-refractivity contribution in [1.29, 1.82) is 0 Å². The van der Waals surface area contributed by atoms with E-state index in [-0.39, 0.29) is 11.7 Å². The summed E-state index contributed by atoms with van der Waals surface area (Å²) in [7, 11) is 0. The van der Waals surface area contributed by atoms with Crippen LogP contribution in [-0.2, 0) is 0 Å². The van der Waals surface area contributed by atoms with Gasteiger partial charge in [-0.1, -0.05) is 41.9 Å². The Morgan fingerprint density at radius 2 is 1.94 bits per heavy atom. The van der Waals surface area contributed by atoms with Gasteiger partial charge in [-0.05, 0) is 30.0 Å². The minimum atomic E-state index is 0.0843. The number of nitrogens with zero attached hydrogens (tertiary/aromatic N) is 1. The van der Waals surface area contributed by atoms with Gasteiger partial charge < -0.3 is 0 Å². The third kappa shape index (κ3) is 2.16. The first-order valence-electron chi connectivity index (χ1n) is 5.96. The van der Waals surface area contributed by atoms with Crippen LogP contribution in [0.1, 0.15) is 28.4 Å². The molecule has 18 heavy (non-hydrogen) atoms. The van der Waals surface area contributed by atoms with Crippen LogP contribution in [0.4, 0.5) is 0 Å². The molecule has 1 heterocycles. The second-order valence-corrected chi connectivity index (χ2v) is 5.02. The van der Waals surface area contributed by atoms with Crippen molar-refractivity contribution in [3.63, 3.8) is 0 Å². The van der Waals surface area contributed by atoms with Gasteiger partial charge in [0.15, 0.2) is 5.78 Å². The first kappa shape index (κ1) is 11.4. The third-order valence-corrected chi connectivity index (χ3v) is 3.56. The number of hydrogen-bond donors (Lipinski definition) is 0. The van der Waals surface area contributed by atoms with Crippen molar-refractivity contribution in [3.8, 4) is 0 Å². The minimum Gasteiger partial charge on any atom is -0.292 e. The first-order chi connectivity index (χ1) is 8.75. The standard InChI is InChI=1S/C15H12ClNO/c16-11-6-7-14(17-9-11)15(18)13-8-12(13)10-4-2-1-3-5-10/h1-7,9,12-13H,8H2. The Bertz CT molecular complexity index is 565. The average molecular weight is 258 g/mol. The van der Waals surface area contributed by atoms with E-state index < -0.39 is 0 Å². The zero-order valence-electron chi connectivity index (χ0n) is 9.71. The molecule has 2 aromatic rings. The lowest BCUT2D eigenvalue weighted by atomic mass is 10.1. The van der Waals surface area contributed by atoms with Crippen molar-refractivity contribution >= 4 is 17.4 Å². The maximum atomic E-state index is 12.2. The van der Waals surface area contributed by atoms with E-state index in [1.807, 2.05) is 18.2 Å². The molecule has 3 heteroatoms. The SMILES string of the molecule is O=C(c1ccc(Cl)cn1)C1CC1c1ccccc1. The molecule has 2 atom stereocenters. The van der Waals surface area contributed by atoms with Gasteiger partial charge >= 0.3 is 0 Å². The molecule has 1 aromatic heterocycles. The molecular weight excluding hydrogens is 246 g/mol. The summed E-state index contributed by atoms with van der Waals surface area (Å²) in [6.07, 6.45) is 2.45. The van der Waals surface area contributed by atoms with Crippen LogP contribution in [0, 0.1) is 5.92 Å². The Morgan fingerprint density at radius 1 is 1.17 bits per heavy atom. The number of carbonyl (C=O) groups excluding carboxylic acids is 1. The number of aromatic nitrogens is 1. The van der Waals surface area contributed by atoms with E-state index in [2.05, 4.69) is 17.1 Å². The highest BCUT2D eigenvalue weighted by molar-refractivity contribution is 6.30. The molecule has 0 amide bonds. The monoisotopic (exact) mass is 257 g/mol. The fourth-order valence-corrected chi connectivity index (χ4v) is 2.38. The van der Waals surface area contributed by atoms with Gasteiger partial charge in [0.05, 0.1) is 5.02 Å².